The van der Waals surface area contributed by atoms with Crippen LogP contribution in [0.2, 0.25) is 0 Å². The molecule has 0 aliphatic heterocycles. The smallest absolute Gasteiger partial charge is 0.137 e. The third kappa shape index (κ3) is 3.99. The van der Waals surface area contributed by atoms with Crippen molar-refractivity contribution < 1.29 is 14.6 Å². The highest BCUT2D eigenvalue weighted by atomic mass is 32.1. The fraction of sp³-hybridized carbons (Fsp3) is 0.417. The van der Waals surface area contributed by atoms with Crippen molar-refractivity contribution in [3.63, 3.8) is 0 Å². The number of nitrogens with two attached hydrogens (primary N) is 1. The number of halogens is 1. The number of hydrogen-bond donors (Lipinski definition) is 3. The van der Waals surface area contributed by atoms with Gasteiger partial charge in [0.1, 0.15) is 10.8 Å². The molecule has 0 amide bonds. The first-order chi connectivity index (χ1) is 8.60. The molecule has 0 saturated heterocycles. The van der Waals surface area contributed by atoms with Gasteiger partial charge in [0.15, 0.2) is 0 Å². The lowest BCUT2D eigenvalue weighted by molar-refractivity contribution is 0.154. The fourth-order valence-corrected chi connectivity index (χ4v) is 1.84. The molecular formula is C12H17FN2O2S. The summed E-state index contributed by atoms with van der Waals surface area (Å²) in [6, 6.07) is 4.85. The molecule has 0 heterocycles. The molecule has 0 aromatic heterocycles. The summed E-state index contributed by atoms with van der Waals surface area (Å²) in [4.78, 5) is 1.77. The molecule has 0 unspecified atom stereocenters. The highest BCUT2D eigenvalue weighted by Crippen LogP contribution is 2.15. The second-order valence-electron chi connectivity index (χ2n) is 3.87. The normalized spacial score (nSPS) is 10.9. The van der Waals surface area contributed by atoms with Gasteiger partial charge >= 0.3 is 0 Å². The lowest BCUT2D eigenvalue weighted by Gasteiger charge is -2.20. The Bertz CT molecular complexity index is 409. The van der Waals surface area contributed by atoms with Gasteiger partial charge in [0.2, 0.25) is 0 Å². The lowest BCUT2D eigenvalue weighted by Crippen LogP contribution is -2.30. The zero-order valence-corrected chi connectivity index (χ0v) is 10.8. The number of benzene rings is 1. The molecule has 1 rings (SSSR count). The maximum atomic E-state index is 14.0. The highest BCUT2D eigenvalue weighted by molar-refractivity contribution is 7.80. The van der Waals surface area contributed by atoms with E-state index in [1.165, 1.54) is 6.07 Å². The summed E-state index contributed by atoms with van der Waals surface area (Å²) in [5.41, 5.74) is 6.09. The number of nitrogens with zero attached hydrogens (tertiary/aromatic N) is 1. The molecule has 4 nitrogen and oxygen atoms in total. The first kappa shape index (κ1) is 15.0. The molecule has 0 atom stereocenters. The Morgan fingerprint density at radius 3 is 2.39 bits per heavy atom. The van der Waals surface area contributed by atoms with E-state index in [9.17, 15) is 4.39 Å². The van der Waals surface area contributed by atoms with Crippen LogP contribution in [0.25, 0.3) is 0 Å². The number of aliphatic hydroxyl groups excluding tert-OH is 2. The maximum absolute atomic E-state index is 14.0. The first-order valence-corrected chi connectivity index (χ1v) is 6.02. The Labute approximate surface area is 111 Å². The zero-order valence-electron chi connectivity index (χ0n) is 9.97. The van der Waals surface area contributed by atoms with E-state index in [-0.39, 0.29) is 23.8 Å². The summed E-state index contributed by atoms with van der Waals surface area (Å²) in [7, 11) is 0. The molecule has 0 spiro atoms. The molecule has 1 aromatic carbocycles. The van der Waals surface area contributed by atoms with Gasteiger partial charge in [-0.15, -0.1) is 0 Å². The van der Waals surface area contributed by atoms with Gasteiger partial charge in [-0.1, -0.05) is 24.4 Å². The van der Waals surface area contributed by atoms with E-state index in [1.54, 1.807) is 17.0 Å². The molecule has 4 N–H and O–H groups in total. The maximum Gasteiger partial charge on any atom is 0.137 e. The minimum atomic E-state index is -0.439. The van der Waals surface area contributed by atoms with E-state index in [2.05, 4.69) is 0 Å². The van der Waals surface area contributed by atoms with Crippen molar-refractivity contribution in [2.75, 3.05) is 26.3 Å². The van der Waals surface area contributed by atoms with Gasteiger partial charge < -0.3 is 15.9 Å². The van der Waals surface area contributed by atoms with E-state index < -0.39 is 5.82 Å². The molecule has 0 radical (unpaired) electrons. The Kier molecular flexibility index (Phi) is 6.14. The van der Waals surface area contributed by atoms with Gasteiger partial charge in [-0.2, -0.15) is 0 Å². The minimum Gasteiger partial charge on any atom is -0.395 e. The van der Waals surface area contributed by atoms with Crippen LogP contribution in [0.1, 0.15) is 11.1 Å². The van der Waals surface area contributed by atoms with Crippen LogP contribution in [-0.4, -0.2) is 46.4 Å². The van der Waals surface area contributed by atoms with Crippen molar-refractivity contribution >= 4 is 17.2 Å². The Balaban J connectivity index is 2.88. The van der Waals surface area contributed by atoms with E-state index in [1.807, 2.05) is 0 Å². The predicted octanol–water partition coefficient (Wildman–Crippen LogP) is 0.246. The van der Waals surface area contributed by atoms with Gasteiger partial charge in [-0.3, -0.25) is 4.90 Å². The van der Waals surface area contributed by atoms with Crippen LogP contribution in [0.3, 0.4) is 0 Å². The number of thiocarbonyl (C=S) groups is 1. The monoisotopic (exact) mass is 272 g/mol. The number of hydrogen-bond acceptors (Lipinski definition) is 4. The molecule has 18 heavy (non-hydrogen) atoms. The molecule has 100 valence electrons. The number of rotatable bonds is 7. The van der Waals surface area contributed by atoms with E-state index in [0.29, 0.717) is 25.2 Å². The quantitative estimate of drug-likeness (QED) is 0.621. The minimum absolute atomic E-state index is 0.0187. The molecule has 0 aliphatic rings. The Morgan fingerprint density at radius 2 is 1.89 bits per heavy atom. The summed E-state index contributed by atoms with van der Waals surface area (Å²) >= 11 is 4.77. The van der Waals surface area contributed by atoms with Crippen molar-refractivity contribution in [3.8, 4) is 0 Å². The van der Waals surface area contributed by atoms with Crippen molar-refractivity contribution in [1.82, 2.24) is 4.90 Å². The largest absolute Gasteiger partial charge is 0.395 e. The van der Waals surface area contributed by atoms with E-state index in [4.69, 9.17) is 28.2 Å². The molecular weight excluding hydrogens is 255 g/mol. The molecule has 0 fully saturated rings. The molecule has 0 aliphatic carbocycles. The van der Waals surface area contributed by atoms with Crippen LogP contribution in [0.5, 0.6) is 0 Å². The van der Waals surface area contributed by atoms with Gasteiger partial charge in [-0.05, 0) is 6.07 Å². The molecule has 1 aromatic rings. The predicted molar refractivity (Wildman–Crippen MR) is 71.7 cm³/mol. The van der Waals surface area contributed by atoms with Crippen LogP contribution in [0.15, 0.2) is 18.2 Å². The van der Waals surface area contributed by atoms with Crippen molar-refractivity contribution in [2.24, 2.45) is 5.73 Å². The van der Waals surface area contributed by atoms with Gasteiger partial charge in [-0.25, -0.2) is 4.39 Å². The van der Waals surface area contributed by atoms with Crippen LogP contribution < -0.4 is 5.73 Å². The van der Waals surface area contributed by atoms with Crippen LogP contribution >= 0.6 is 12.2 Å². The third-order valence-corrected chi connectivity index (χ3v) is 2.79. The lowest BCUT2D eigenvalue weighted by atomic mass is 10.1. The molecule has 0 bridgehead atoms. The summed E-state index contributed by atoms with van der Waals surface area (Å²) in [6.45, 7) is 0.950. The Morgan fingerprint density at radius 1 is 1.28 bits per heavy atom. The van der Waals surface area contributed by atoms with E-state index in [0.717, 1.165) is 0 Å². The molecule has 6 heteroatoms. The summed E-state index contributed by atoms with van der Waals surface area (Å²) in [5.74, 6) is -0.439. The topological polar surface area (TPSA) is 69.7 Å². The first-order valence-electron chi connectivity index (χ1n) is 5.61. The van der Waals surface area contributed by atoms with Crippen LogP contribution in [0.4, 0.5) is 4.39 Å². The number of aliphatic hydroxyl groups is 2. The summed E-state index contributed by atoms with van der Waals surface area (Å²) < 4.78 is 14.0. The van der Waals surface area contributed by atoms with Crippen LogP contribution in [0, 0.1) is 5.82 Å². The molecule has 0 saturated carbocycles. The fourth-order valence-electron chi connectivity index (χ4n) is 1.69. The zero-order chi connectivity index (χ0) is 13.5. The standard InChI is InChI=1S/C12H17FN2O2S/c13-11-9(2-1-3-10(11)12(14)18)8-15(4-6-16)5-7-17/h1-3,16-17H,4-8H2,(H2,14,18). The van der Waals surface area contributed by atoms with Gasteiger partial charge in [0, 0.05) is 30.8 Å². The second kappa shape index (κ2) is 7.38. The third-order valence-electron chi connectivity index (χ3n) is 2.57. The Hall–Kier alpha value is -1.08. The van der Waals surface area contributed by atoms with Crippen molar-refractivity contribution in [2.45, 2.75) is 6.54 Å². The SMILES string of the molecule is NC(=S)c1cccc(CN(CCO)CCO)c1F. The summed E-state index contributed by atoms with van der Waals surface area (Å²) in [6.07, 6.45) is 0. The summed E-state index contributed by atoms with van der Waals surface area (Å²) in [5, 5.41) is 17.8. The van der Waals surface area contributed by atoms with Gasteiger partial charge in [0.25, 0.3) is 0 Å². The second-order valence-corrected chi connectivity index (χ2v) is 4.31. The average Bonchev–Trinajstić information content (AvgIpc) is 2.32. The van der Waals surface area contributed by atoms with Crippen molar-refractivity contribution in [3.05, 3.63) is 35.1 Å². The highest BCUT2D eigenvalue weighted by Gasteiger charge is 2.13. The van der Waals surface area contributed by atoms with E-state index >= 15 is 0 Å². The van der Waals surface area contributed by atoms with Crippen LogP contribution in [-0.2, 0) is 6.54 Å². The van der Waals surface area contributed by atoms with Gasteiger partial charge in [0.05, 0.1) is 13.2 Å². The van der Waals surface area contributed by atoms with Crippen molar-refractivity contribution in [1.29, 1.82) is 0 Å². The average molecular weight is 272 g/mol.